The van der Waals surface area contributed by atoms with Gasteiger partial charge in [-0.05, 0) is 46.2 Å². The molecule has 0 aliphatic heterocycles. The highest BCUT2D eigenvalue weighted by Crippen LogP contribution is 2.20. The van der Waals surface area contributed by atoms with E-state index in [1.807, 2.05) is 13.8 Å². The minimum Gasteiger partial charge on any atom is -0.466 e. The molecule has 0 aliphatic rings. The van der Waals surface area contributed by atoms with Gasteiger partial charge in [-0.2, -0.15) is 0 Å². The van der Waals surface area contributed by atoms with Crippen molar-refractivity contribution in [2.24, 2.45) is 0 Å². The summed E-state index contributed by atoms with van der Waals surface area (Å²) in [5.74, 6) is 2.01. The molecule has 0 aromatic carbocycles. The summed E-state index contributed by atoms with van der Waals surface area (Å²) in [5.41, 5.74) is 1.27. The maximum atomic E-state index is 5.52. The van der Waals surface area contributed by atoms with E-state index in [9.17, 15) is 0 Å². The molecule has 16 heavy (non-hydrogen) atoms. The van der Waals surface area contributed by atoms with Gasteiger partial charge >= 0.3 is 0 Å². The zero-order chi connectivity index (χ0) is 12.0. The minimum atomic E-state index is 0.361. The van der Waals surface area contributed by atoms with Gasteiger partial charge in [-0.3, -0.25) is 0 Å². The smallest absolute Gasteiger partial charge is 0.105 e. The summed E-state index contributed by atoms with van der Waals surface area (Å²) >= 11 is 0. The molecule has 1 aromatic rings. The Morgan fingerprint density at radius 1 is 1.38 bits per heavy atom. The van der Waals surface area contributed by atoms with E-state index in [1.54, 1.807) is 7.11 Å². The summed E-state index contributed by atoms with van der Waals surface area (Å²) in [4.78, 5) is 0. The molecule has 0 radical (unpaired) electrons. The summed E-state index contributed by atoms with van der Waals surface area (Å²) in [5, 5.41) is 3.50. The molecule has 1 unspecified atom stereocenters. The molecule has 92 valence electrons. The highest BCUT2D eigenvalue weighted by Gasteiger charge is 2.11. The Balaban J connectivity index is 2.29. The monoisotopic (exact) mass is 225 g/mol. The first kappa shape index (κ1) is 13.3. The Bertz CT molecular complexity index is 307. The lowest BCUT2D eigenvalue weighted by molar-refractivity contribution is 0.192. The third kappa shape index (κ3) is 3.99. The third-order valence-corrected chi connectivity index (χ3v) is 2.77. The van der Waals surface area contributed by atoms with Crippen LogP contribution in [0.4, 0.5) is 0 Å². The van der Waals surface area contributed by atoms with Gasteiger partial charge in [0.15, 0.2) is 0 Å². The minimum absolute atomic E-state index is 0.361. The number of hydrogen-bond donors (Lipinski definition) is 1. The number of rotatable bonds is 7. The molecule has 0 saturated heterocycles. The second-order valence-corrected chi connectivity index (χ2v) is 4.24. The van der Waals surface area contributed by atoms with E-state index in [4.69, 9.17) is 9.15 Å². The first-order chi connectivity index (χ1) is 7.65. The third-order valence-electron chi connectivity index (χ3n) is 2.77. The van der Waals surface area contributed by atoms with Crippen molar-refractivity contribution in [2.75, 3.05) is 20.3 Å². The number of aryl methyl sites for hydroxylation is 2. The van der Waals surface area contributed by atoms with Crippen LogP contribution >= 0.6 is 0 Å². The lowest BCUT2D eigenvalue weighted by atomic mass is 10.1. The molecule has 0 fully saturated rings. The topological polar surface area (TPSA) is 34.4 Å². The van der Waals surface area contributed by atoms with E-state index >= 15 is 0 Å². The second-order valence-electron chi connectivity index (χ2n) is 4.24. The van der Waals surface area contributed by atoms with Gasteiger partial charge in [-0.25, -0.2) is 0 Å². The molecule has 3 nitrogen and oxygen atoms in total. The first-order valence-electron chi connectivity index (χ1n) is 5.94. The number of nitrogens with one attached hydrogen (secondary N) is 1. The number of methoxy groups -OCH3 is 1. The van der Waals surface area contributed by atoms with Crippen LogP contribution in [0, 0.1) is 13.8 Å². The van der Waals surface area contributed by atoms with Crippen molar-refractivity contribution in [3.05, 3.63) is 23.2 Å². The molecule has 1 N–H and O–H groups in total. The summed E-state index contributed by atoms with van der Waals surface area (Å²) in [6.07, 6.45) is 2.26. The van der Waals surface area contributed by atoms with Gasteiger partial charge in [0, 0.05) is 25.3 Å². The first-order valence-corrected chi connectivity index (χ1v) is 5.94. The van der Waals surface area contributed by atoms with E-state index in [0.717, 1.165) is 37.5 Å². The largest absolute Gasteiger partial charge is 0.466 e. The lowest BCUT2D eigenvalue weighted by Crippen LogP contribution is -2.20. The highest BCUT2D eigenvalue weighted by molar-refractivity contribution is 5.23. The van der Waals surface area contributed by atoms with Crippen LogP contribution in [0.5, 0.6) is 0 Å². The maximum Gasteiger partial charge on any atom is 0.105 e. The molecule has 0 spiro atoms. The van der Waals surface area contributed by atoms with Gasteiger partial charge in [0.2, 0.25) is 0 Å². The van der Waals surface area contributed by atoms with Crippen molar-refractivity contribution in [3.8, 4) is 0 Å². The van der Waals surface area contributed by atoms with Crippen molar-refractivity contribution in [2.45, 2.75) is 39.7 Å². The standard InChI is InChI=1S/C13H23NO2/c1-10-9-13(12(3)16-10)11(2)14-7-5-6-8-15-4/h9,11,14H,5-8H2,1-4H3. The predicted molar refractivity (Wildman–Crippen MR) is 65.7 cm³/mol. The fourth-order valence-corrected chi connectivity index (χ4v) is 1.88. The van der Waals surface area contributed by atoms with Crippen molar-refractivity contribution >= 4 is 0 Å². The van der Waals surface area contributed by atoms with Crippen molar-refractivity contribution in [3.63, 3.8) is 0 Å². The average molecular weight is 225 g/mol. The predicted octanol–water partition coefficient (Wildman–Crippen LogP) is 2.97. The summed E-state index contributed by atoms with van der Waals surface area (Å²) in [7, 11) is 1.74. The molecule has 0 saturated carbocycles. The summed E-state index contributed by atoms with van der Waals surface area (Å²) in [6, 6.07) is 2.47. The quantitative estimate of drug-likeness (QED) is 0.724. The van der Waals surface area contributed by atoms with E-state index < -0.39 is 0 Å². The van der Waals surface area contributed by atoms with E-state index in [-0.39, 0.29) is 0 Å². The summed E-state index contributed by atoms with van der Waals surface area (Å²) in [6.45, 7) is 8.05. The molecule has 3 heteroatoms. The SMILES string of the molecule is COCCCCNC(C)c1cc(C)oc1C. The zero-order valence-electron chi connectivity index (χ0n) is 10.8. The van der Waals surface area contributed by atoms with Crippen molar-refractivity contribution in [1.82, 2.24) is 5.32 Å². The highest BCUT2D eigenvalue weighted by atomic mass is 16.5. The molecular weight excluding hydrogens is 202 g/mol. The van der Waals surface area contributed by atoms with Gasteiger partial charge in [0.1, 0.15) is 11.5 Å². The Labute approximate surface area is 98.2 Å². The molecule has 0 amide bonds. The molecule has 1 atom stereocenters. The van der Waals surface area contributed by atoms with Gasteiger partial charge in [-0.1, -0.05) is 0 Å². The lowest BCUT2D eigenvalue weighted by Gasteiger charge is -2.12. The van der Waals surface area contributed by atoms with Crippen LogP contribution in [0.2, 0.25) is 0 Å². The molecule has 0 aliphatic carbocycles. The van der Waals surface area contributed by atoms with Crippen LogP contribution in [0.3, 0.4) is 0 Å². The van der Waals surface area contributed by atoms with Crippen molar-refractivity contribution < 1.29 is 9.15 Å². The van der Waals surface area contributed by atoms with Crippen LogP contribution in [0.1, 0.15) is 42.9 Å². The number of furan rings is 1. The van der Waals surface area contributed by atoms with Crippen LogP contribution < -0.4 is 5.32 Å². The van der Waals surface area contributed by atoms with Gasteiger partial charge in [0.05, 0.1) is 0 Å². The molecule has 0 bridgehead atoms. The molecule has 1 rings (SSSR count). The molecule has 1 heterocycles. The Morgan fingerprint density at radius 2 is 2.12 bits per heavy atom. The average Bonchev–Trinajstić information content (AvgIpc) is 2.57. The maximum absolute atomic E-state index is 5.52. The van der Waals surface area contributed by atoms with E-state index in [2.05, 4.69) is 18.3 Å². The normalized spacial score (nSPS) is 13.0. The van der Waals surface area contributed by atoms with Gasteiger partial charge in [0.25, 0.3) is 0 Å². The number of ether oxygens (including phenoxy) is 1. The van der Waals surface area contributed by atoms with Crippen LogP contribution in [-0.4, -0.2) is 20.3 Å². The Kier molecular flexibility index (Phi) is 5.56. The second kappa shape index (κ2) is 6.71. The van der Waals surface area contributed by atoms with E-state index in [0.29, 0.717) is 6.04 Å². The fraction of sp³-hybridized carbons (Fsp3) is 0.692. The number of unbranched alkanes of at least 4 members (excludes halogenated alkanes) is 1. The van der Waals surface area contributed by atoms with Gasteiger partial charge < -0.3 is 14.5 Å². The zero-order valence-corrected chi connectivity index (χ0v) is 10.8. The number of hydrogen-bond acceptors (Lipinski definition) is 3. The van der Waals surface area contributed by atoms with Crippen LogP contribution in [0.25, 0.3) is 0 Å². The molecular formula is C13H23NO2. The van der Waals surface area contributed by atoms with Gasteiger partial charge in [-0.15, -0.1) is 0 Å². The van der Waals surface area contributed by atoms with Crippen LogP contribution in [0.15, 0.2) is 10.5 Å². The van der Waals surface area contributed by atoms with Crippen molar-refractivity contribution in [1.29, 1.82) is 0 Å². The van der Waals surface area contributed by atoms with E-state index in [1.165, 1.54) is 5.56 Å². The van der Waals surface area contributed by atoms with Crippen LogP contribution in [-0.2, 0) is 4.74 Å². The summed E-state index contributed by atoms with van der Waals surface area (Å²) < 4.78 is 10.5. The Hall–Kier alpha value is -0.800. The fourth-order valence-electron chi connectivity index (χ4n) is 1.88. The Morgan fingerprint density at radius 3 is 2.69 bits per heavy atom. The molecule has 1 aromatic heterocycles.